The summed E-state index contributed by atoms with van der Waals surface area (Å²) in [5.74, 6) is 0.194. The fourth-order valence-electron chi connectivity index (χ4n) is 0.773. The number of hydrogen-bond acceptors (Lipinski definition) is 4. The maximum absolute atomic E-state index is 11.2. The van der Waals surface area contributed by atoms with Gasteiger partial charge in [0.25, 0.3) is 0 Å². The zero-order chi connectivity index (χ0) is 9.68. The minimum atomic E-state index is -0.484. The molecule has 1 unspecified atom stereocenters. The van der Waals surface area contributed by atoms with Gasteiger partial charge in [0.05, 0.1) is 6.04 Å². The van der Waals surface area contributed by atoms with Crippen LogP contribution in [-0.2, 0) is 4.79 Å². The van der Waals surface area contributed by atoms with E-state index in [4.69, 9.17) is 5.73 Å². The van der Waals surface area contributed by atoms with E-state index >= 15 is 0 Å². The predicted octanol–water partition coefficient (Wildman–Crippen LogP) is 0.152. The zero-order valence-electron chi connectivity index (χ0n) is 7.40. The van der Waals surface area contributed by atoms with Crippen molar-refractivity contribution < 1.29 is 4.79 Å². The summed E-state index contributed by atoms with van der Waals surface area (Å²) >= 11 is 0. The molecule has 0 spiro atoms. The molecule has 0 aliphatic rings. The first-order valence-corrected chi connectivity index (χ1v) is 4.08. The second-order valence-electron chi connectivity index (χ2n) is 2.61. The Hall–Kier alpha value is -1.49. The Morgan fingerprint density at radius 3 is 3.08 bits per heavy atom. The third-order valence-electron chi connectivity index (χ3n) is 1.60. The van der Waals surface area contributed by atoms with E-state index in [0.29, 0.717) is 12.2 Å². The second-order valence-corrected chi connectivity index (χ2v) is 2.61. The average molecular weight is 180 g/mol. The van der Waals surface area contributed by atoms with Crippen molar-refractivity contribution in [3.8, 4) is 0 Å². The minimum absolute atomic E-state index is 0.233. The Balaban J connectivity index is 2.55. The molecule has 5 nitrogen and oxygen atoms in total. The quantitative estimate of drug-likeness (QED) is 0.694. The molecule has 1 atom stereocenters. The van der Waals surface area contributed by atoms with Crippen molar-refractivity contribution in [2.45, 2.75) is 19.4 Å². The largest absolute Gasteiger partial charge is 0.320 e. The lowest BCUT2D eigenvalue weighted by Crippen LogP contribution is -2.35. The van der Waals surface area contributed by atoms with Crippen LogP contribution < -0.4 is 11.1 Å². The topological polar surface area (TPSA) is 80.9 Å². The van der Waals surface area contributed by atoms with Gasteiger partial charge in [0.15, 0.2) is 5.82 Å². The van der Waals surface area contributed by atoms with Gasteiger partial charge in [0, 0.05) is 6.20 Å². The molecule has 0 saturated carbocycles. The Morgan fingerprint density at radius 2 is 2.54 bits per heavy atom. The highest BCUT2D eigenvalue weighted by molar-refractivity contribution is 5.93. The highest BCUT2D eigenvalue weighted by Gasteiger charge is 2.10. The summed E-state index contributed by atoms with van der Waals surface area (Å²) < 4.78 is 0. The van der Waals surface area contributed by atoms with Crippen LogP contribution in [-0.4, -0.2) is 22.1 Å². The zero-order valence-corrected chi connectivity index (χ0v) is 7.40. The number of hydrogen-bond donors (Lipinski definition) is 2. The van der Waals surface area contributed by atoms with Gasteiger partial charge < -0.3 is 11.1 Å². The molecular weight excluding hydrogens is 168 g/mol. The van der Waals surface area contributed by atoms with Crippen LogP contribution in [0.15, 0.2) is 18.3 Å². The summed E-state index contributed by atoms with van der Waals surface area (Å²) in [4.78, 5) is 11.2. The lowest BCUT2D eigenvalue weighted by atomic mass is 10.2. The molecular formula is C8H12N4O. The van der Waals surface area contributed by atoms with Crippen LogP contribution in [0.2, 0.25) is 0 Å². The van der Waals surface area contributed by atoms with E-state index in [9.17, 15) is 4.79 Å². The number of nitrogens with zero attached hydrogens (tertiary/aromatic N) is 2. The van der Waals surface area contributed by atoms with Crippen LogP contribution in [0.4, 0.5) is 5.82 Å². The molecule has 0 aromatic carbocycles. The summed E-state index contributed by atoms with van der Waals surface area (Å²) in [5, 5.41) is 9.87. The smallest absolute Gasteiger partial charge is 0.242 e. The first kappa shape index (κ1) is 9.60. The van der Waals surface area contributed by atoms with Gasteiger partial charge in [0.2, 0.25) is 5.91 Å². The average Bonchev–Trinajstić information content (AvgIpc) is 2.18. The summed E-state index contributed by atoms with van der Waals surface area (Å²) in [7, 11) is 0. The molecule has 0 fully saturated rings. The number of rotatable bonds is 3. The molecule has 3 N–H and O–H groups in total. The minimum Gasteiger partial charge on any atom is -0.320 e. The highest BCUT2D eigenvalue weighted by atomic mass is 16.2. The van der Waals surface area contributed by atoms with Crippen LogP contribution in [0.3, 0.4) is 0 Å². The Bertz CT molecular complexity index is 275. The molecule has 1 aromatic rings. The van der Waals surface area contributed by atoms with E-state index in [-0.39, 0.29) is 5.91 Å². The normalized spacial score (nSPS) is 12.2. The summed E-state index contributed by atoms with van der Waals surface area (Å²) in [6, 6.07) is 2.87. The van der Waals surface area contributed by atoms with Crippen molar-refractivity contribution in [1.29, 1.82) is 0 Å². The van der Waals surface area contributed by atoms with Gasteiger partial charge in [-0.05, 0) is 18.6 Å². The number of nitrogens with two attached hydrogens (primary N) is 1. The van der Waals surface area contributed by atoms with Gasteiger partial charge in [-0.1, -0.05) is 6.92 Å². The van der Waals surface area contributed by atoms with Gasteiger partial charge >= 0.3 is 0 Å². The maximum atomic E-state index is 11.2. The van der Waals surface area contributed by atoms with Crippen molar-refractivity contribution in [1.82, 2.24) is 10.2 Å². The van der Waals surface area contributed by atoms with Crippen molar-refractivity contribution in [3.05, 3.63) is 18.3 Å². The molecule has 1 heterocycles. The fraction of sp³-hybridized carbons (Fsp3) is 0.375. The summed E-state index contributed by atoms with van der Waals surface area (Å²) in [5.41, 5.74) is 5.50. The fourth-order valence-corrected chi connectivity index (χ4v) is 0.773. The number of amides is 1. The van der Waals surface area contributed by atoms with E-state index in [1.165, 1.54) is 6.20 Å². The second kappa shape index (κ2) is 4.51. The van der Waals surface area contributed by atoms with Crippen molar-refractivity contribution in [3.63, 3.8) is 0 Å². The summed E-state index contributed by atoms with van der Waals surface area (Å²) in [6.45, 7) is 1.85. The number of carbonyl (C=O) groups excluding carboxylic acids is 1. The van der Waals surface area contributed by atoms with E-state index in [0.717, 1.165) is 0 Å². The monoisotopic (exact) mass is 180 g/mol. The number of carbonyl (C=O) groups is 1. The maximum Gasteiger partial charge on any atom is 0.242 e. The Labute approximate surface area is 76.4 Å². The lowest BCUT2D eigenvalue weighted by Gasteiger charge is -2.07. The SMILES string of the molecule is CCC(N)C(=O)Nc1cccnn1. The van der Waals surface area contributed by atoms with Crippen LogP contribution in [0, 0.1) is 0 Å². The van der Waals surface area contributed by atoms with E-state index in [1.807, 2.05) is 6.92 Å². The third-order valence-corrected chi connectivity index (χ3v) is 1.60. The first-order valence-electron chi connectivity index (χ1n) is 4.08. The van der Waals surface area contributed by atoms with E-state index in [2.05, 4.69) is 15.5 Å². The van der Waals surface area contributed by atoms with Gasteiger partial charge in [-0.15, -0.1) is 5.10 Å². The Morgan fingerprint density at radius 1 is 1.77 bits per heavy atom. The first-order chi connectivity index (χ1) is 6.24. The number of nitrogens with one attached hydrogen (secondary N) is 1. The predicted molar refractivity (Wildman–Crippen MR) is 48.9 cm³/mol. The molecule has 0 saturated heterocycles. The molecule has 0 aliphatic heterocycles. The van der Waals surface area contributed by atoms with Gasteiger partial charge in [0.1, 0.15) is 0 Å². The van der Waals surface area contributed by atoms with E-state index in [1.54, 1.807) is 12.1 Å². The van der Waals surface area contributed by atoms with E-state index < -0.39 is 6.04 Å². The lowest BCUT2D eigenvalue weighted by molar-refractivity contribution is -0.117. The van der Waals surface area contributed by atoms with Gasteiger partial charge in [-0.2, -0.15) is 5.10 Å². The van der Waals surface area contributed by atoms with Crippen LogP contribution in [0.1, 0.15) is 13.3 Å². The van der Waals surface area contributed by atoms with Gasteiger partial charge in [-0.25, -0.2) is 0 Å². The molecule has 5 heteroatoms. The van der Waals surface area contributed by atoms with Crippen molar-refractivity contribution in [2.75, 3.05) is 5.32 Å². The number of anilines is 1. The van der Waals surface area contributed by atoms with Gasteiger partial charge in [-0.3, -0.25) is 4.79 Å². The molecule has 70 valence electrons. The molecule has 0 bridgehead atoms. The molecule has 1 amide bonds. The van der Waals surface area contributed by atoms with Crippen LogP contribution in [0.5, 0.6) is 0 Å². The molecule has 1 aromatic heterocycles. The van der Waals surface area contributed by atoms with Crippen molar-refractivity contribution in [2.24, 2.45) is 5.73 Å². The molecule has 0 radical (unpaired) electrons. The third kappa shape index (κ3) is 2.79. The standard InChI is InChI=1S/C8H12N4O/c1-2-6(9)8(13)11-7-4-3-5-10-12-7/h3-6H,2,9H2,1H3,(H,11,12,13). The summed E-state index contributed by atoms with van der Waals surface area (Å²) in [6.07, 6.45) is 2.14. The van der Waals surface area contributed by atoms with Crippen molar-refractivity contribution >= 4 is 11.7 Å². The van der Waals surface area contributed by atoms with Crippen LogP contribution in [0.25, 0.3) is 0 Å². The number of aromatic nitrogens is 2. The molecule has 13 heavy (non-hydrogen) atoms. The molecule has 1 rings (SSSR count). The Kier molecular flexibility index (Phi) is 3.33. The van der Waals surface area contributed by atoms with Crippen LogP contribution >= 0.6 is 0 Å². The molecule has 0 aliphatic carbocycles. The highest BCUT2D eigenvalue weighted by Crippen LogP contribution is 1.99.